The van der Waals surface area contributed by atoms with Crippen LogP contribution in [0, 0.1) is 17.6 Å². The Bertz CT molecular complexity index is 2590. The van der Waals surface area contributed by atoms with Crippen LogP contribution in [-0.2, 0) is 40.8 Å². The van der Waals surface area contributed by atoms with Gasteiger partial charge in [-0.3, -0.25) is 18.9 Å². The number of halogens is 7. The lowest BCUT2D eigenvalue weighted by atomic mass is 9.94. The highest BCUT2D eigenvalue weighted by atomic mass is 35.5. The molecule has 0 bridgehead atoms. The van der Waals surface area contributed by atoms with Crippen molar-refractivity contribution in [2.75, 3.05) is 11.0 Å². The van der Waals surface area contributed by atoms with Gasteiger partial charge in [-0.15, -0.1) is 0 Å². The van der Waals surface area contributed by atoms with E-state index in [-0.39, 0.29) is 51.5 Å². The Hall–Kier alpha value is -5.17. The highest BCUT2D eigenvalue weighted by Gasteiger charge is 2.67. The molecular weight excluding hydrogens is 752 g/mol. The number of fused-ring (bicyclic) bond motifs is 5. The lowest BCUT2D eigenvalue weighted by Crippen LogP contribution is -2.35. The maximum Gasteiger partial charge on any atom is 0.293 e. The number of H-pyrrole nitrogens is 1. The second-order valence-corrected chi connectivity index (χ2v) is 15.3. The van der Waals surface area contributed by atoms with Gasteiger partial charge in [0.2, 0.25) is 15.9 Å². The molecule has 0 aliphatic heterocycles. The molecule has 4 aromatic heterocycles. The molecule has 1 saturated carbocycles. The molecule has 4 heterocycles. The molecule has 0 spiro atoms. The first kappa shape index (κ1) is 34.9. The molecule has 0 saturated heterocycles. The number of aryl methyl sites for hydroxylation is 1. The fraction of sp³-hybridized carbons (Fsp3) is 0.303. The van der Waals surface area contributed by atoms with Crippen LogP contribution in [-0.4, -0.2) is 55.1 Å². The van der Waals surface area contributed by atoms with Crippen molar-refractivity contribution < 1.29 is 39.6 Å². The van der Waals surface area contributed by atoms with Crippen molar-refractivity contribution >= 4 is 55.4 Å². The molecule has 1 unspecified atom stereocenters. The van der Waals surface area contributed by atoms with Crippen molar-refractivity contribution in [3.8, 4) is 11.1 Å². The zero-order valence-corrected chi connectivity index (χ0v) is 29.0. The number of anilines is 1. The van der Waals surface area contributed by atoms with E-state index < -0.39 is 75.7 Å². The summed E-state index contributed by atoms with van der Waals surface area (Å²) in [6, 6.07) is 6.23. The number of nitrogens with one attached hydrogen (secondary N) is 3. The van der Waals surface area contributed by atoms with Crippen molar-refractivity contribution in [2.45, 2.75) is 43.7 Å². The first-order valence-electron chi connectivity index (χ1n) is 16.0. The number of rotatable bonds is 10. The Morgan fingerprint density at radius 2 is 1.83 bits per heavy atom. The van der Waals surface area contributed by atoms with Crippen molar-refractivity contribution in [1.29, 1.82) is 0 Å². The maximum absolute atomic E-state index is 15.3. The van der Waals surface area contributed by atoms with Gasteiger partial charge in [0.1, 0.15) is 29.6 Å². The standard InChI is InChI=1S/C33H26ClF6N9O3S/c1-48-28-16(3-4-20(34)25(28)32(46-48)47-53(2,51)52)17-10-22-31(42-12-41-22)44-26(17)21(7-13-5-14(35)8-15(36)6-13)43-23(50)11-49-29-24(27(45-49)30(37)38)18-9-19(18)33(29,39)40/h3-6,8,10,12,18-19,21,30H,7,9,11H2,1-2H3,(H,43,50)(H,46,47)(H,41,42,44)/t18-,19+,21?/m0/s1. The normalized spacial score (nSPS) is 18.1. The van der Waals surface area contributed by atoms with Crippen LogP contribution in [0.15, 0.2) is 42.7 Å². The van der Waals surface area contributed by atoms with E-state index in [1.165, 1.54) is 17.1 Å². The topological polar surface area (TPSA) is 152 Å². The summed E-state index contributed by atoms with van der Waals surface area (Å²) in [5.41, 5.74) is 0.0291. The van der Waals surface area contributed by atoms with Crippen LogP contribution in [0.1, 0.15) is 53.0 Å². The van der Waals surface area contributed by atoms with Crippen LogP contribution in [0.25, 0.3) is 33.2 Å². The van der Waals surface area contributed by atoms with E-state index in [4.69, 9.17) is 16.6 Å². The maximum atomic E-state index is 15.3. The number of hydrogen-bond donors (Lipinski definition) is 3. The smallest absolute Gasteiger partial charge is 0.293 e. The van der Waals surface area contributed by atoms with Crippen LogP contribution in [0.5, 0.6) is 0 Å². The predicted molar refractivity (Wildman–Crippen MR) is 180 cm³/mol. The summed E-state index contributed by atoms with van der Waals surface area (Å²) in [6.07, 6.45) is -1.10. The third kappa shape index (κ3) is 6.04. The number of alkyl halides is 4. The van der Waals surface area contributed by atoms with Crippen LogP contribution in [0.2, 0.25) is 5.02 Å². The van der Waals surface area contributed by atoms with E-state index in [0.29, 0.717) is 32.9 Å². The van der Waals surface area contributed by atoms with Crippen molar-refractivity contribution in [2.24, 2.45) is 13.0 Å². The minimum Gasteiger partial charge on any atom is -0.346 e. The van der Waals surface area contributed by atoms with Crippen molar-refractivity contribution in [1.82, 2.24) is 39.8 Å². The van der Waals surface area contributed by atoms with Crippen LogP contribution >= 0.6 is 11.6 Å². The zero-order valence-electron chi connectivity index (χ0n) is 27.4. The van der Waals surface area contributed by atoms with Gasteiger partial charge in [-0.25, -0.2) is 35.9 Å². The third-order valence-electron chi connectivity index (χ3n) is 9.44. The number of amides is 1. The molecule has 3 N–H and O–H groups in total. The Morgan fingerprint density at radius 1 is 1.09 bits per heavy atom. The monoisotopic (exact) mass is 777 g/mol. The quantitative estimate of drug-likeness (QED) is 0.139. The molecule has 6 aromatic rings. The van der Waals surface area contributed by atoms with E-state index in [2.05, 4.69) is 30.2 Å². The summed E-state index contributed by atoms with van der Waals surface area (Å²) in [5.74, 6) is -8.24. The Morgan fingerprint density at radius 3 is 2.53 bits per heavy atom. The average molecular weight is 778 g/mol. The highest BCUT2D eigenvalue weighted by Crippen LogP contribution is 2.68. The number of nitrogens with zero attached hydrogens (tertiary/aromatic N) is 6. The van der Waals surface area contributed by atoms with Gasteiger partial charge in [-0.1, -0.05) is 17.7 Å². The van der Waals surface area contributed by atoms with Crippen molar-refractivity contribution in [3.05, 3.63) is 87.6 Å². The molecule has 1 fully saturated rings. The van der Waals surface area contributed by atoms with Gasteiger partial charge in [0, 0.05) is 35.7 Å². The Kier molecular flexibility index (Phi) is 8.02. The van der Waals surface area contributed by atoms with E-state index in [9.17, 15) is 30.8 Å². The number of benzene rings is 2. The fourth-order valence-corrected chi connectivity index (χ4v) is 8.08. The average Bonchev–Trinajstić information content (AvgIpc) is 3.28. The fourth-order valence-electron chi connectivity index (χ4n) is 7.34. The Balaban J connectivity index is 1.26. The summed E-state index contributed by atoms with van der Waals surface area (Å²) < 4.78 is 116. The summed E-state index contributed by atoms with van der Waals surface area (Å²) in [5, 5.41) is 11.1. The molecule has 3 atom stereocenters. The first-order chi connectivity index (χ1) is 25.0. The number of hydrogen-bond acceptors (Lipinski definition) is 7. The zero-order chi connectivity index (χ0) is 37.7. The summed E-state index contributed by atoms with van der Waals surface area (Å²) in [7, 11) is -2.26. The number of aromatic nitrogens is 7. The van der Waals surface area contributed by atoms with Crippen molar-refractivity contribution in [3.63, 3.8) is 0 Å². The first-order valence-corrected chi connectivity index (χ1v) is 18.3. The lowest BCUT2D eigenvalue weighted by Gasteiger charge is -2.23. The molecule has 2 aliphatic rings. The van der Waals surface area contributed by atoms with E-state index in [1.807, 2.05) is 0 Å². The molecule has 0 radical (unpaired) electrons. The molecular formula is C33H26ClF6N9O3S. The number of imidazole rings is 1. The summed E-state index contributed by atoms with van der Waals surface area (Å²) in [4.78, 5) is 25.7. The molecule has 8 rings (SSSR count). The minimum atomic E-state index is -3.80. The second-order valence-electron chi connectivity index (χ2n) is 13.1. The molecule has 2 aromatic carbocycles. The molecule has 2 aliphatic carbocycles. The molecule has 12 nitrogen and oxygen atoms in total. The molecule has 276 valence electrons. The van der Waals surface area contributed by atoms with E-state index >= 15 is 8.78 Å². The SMILES string of the molecule is Cn1nc(NS(C)(=O)=O)c2c(Cl)ccc(-c3cc4[nH]cnc4nc3C(Cc3cc(F)cc(F)c3)NC(=O)Cn3nc(C(F)F)c4c3C(F)(F)[C@@H]3C[C@H]43)c21. The van der Waals surface area contributed by atoms with Gasteiger partial charge in [-0.05, 0) is 48.6 Å². The Labute approximate surface area is 300 Å². The minimum absolute atomic E-state index is 0.0361. The van der Waals surface area contributed by atoms with Crippen LogP contribution in [0.4, 0.5) is 32.2 Å². The van der Waals surface area contributed by atoms with Gasteiger partial charge in [-0.2, -0.15) is 19.0 Å². The largest absolute Gasteiger partial charge is 0.346 e. The van der Waals surface area contributed by atoms with E-state index in [0.717, 1.165) is 18.4 Å². The number of aromatic amines is 1. The number of pyridine rings is 1. The van der Waals surface area contributed by atoms with Gasteiger partial charge in [0.25, 0.3) is 12.3 Å². The second kappa shape index (κ2) is 12.2. The molecule has 1 amide bonds. The van der Waals surface area contributed by atoms with Gasteiger partial charge in [0.15, 0.2) is 11.5 Å². The summed E-state index contributed by atoms with van der Waals surface area (Å²) >= 11 is 6.56. The highest BCUT2D eigenvalue weighted by molar-refractivity contribution is 7.92. The number of carbonyl (C=O) groups is 1. The molecule has 20 heteroatoms. The van der Waals surface area contributed by atoms with Crippen LogP contribution in [0.3, 0.4) is 0 Å². The molecule has 53 heavy (non-hydrogen) atoms. The van der Waals surface area contributed by atoms with Crippen LogP contribution < -0.4 is 10.0 Å². The predicted octanol–water partition coefficient (Wildman–Crippen LogP) is 6.26. The van der Waals surface area contributed by atoms with Gasteiger partial charge in [0.05, 0.1) is 45.8 Å². The van der Waals surface area contributed by atoms with E-state index in [1.54, 1.807) is 19.2 Å². The number of carbonyl (C=O) groups excluding carboxylic acids is 1. The summed E-state index contributed by atoms with van der Waals surface area (Å²) in [6.45, 7) is -0.883. The number of sulfonamides is 1. The van der Waals surface area contributed by atoms with Gasteiger partial charge < -0.3 is 10.3 Å². The van der Waals surface area contributed by atoms with Gasteiger partial charge >= 0.3 is 0 Å². The lowest BCUT2D eigenvalue weighted by molar-refractivity contribution is -0.123. The third-order valence-corrected chi connectivity index (χ3v) is 10.3.